The van der Waals surface area contributed by atoms with Crippen molar-refractivity contribution in [1.82, 2.24) is 5.32 Å². The number of benzene rings is 1. The molecule has 1 rings (SSSR count). The fourth-order valence-corrected chi connectivity index (χ4v) is 1.83. The van der Waals surface area contributed by atoms with Gasteiger partial charge in [-0.3, -0.25) is 4.79 Å². The molecule has 17 heavy (non-hydrogen) atoms. The second kappa shape index (κ2) is 5.54. The molecule has 1 amide bonds. The van der Waals surface area contributed by atoms with Gasteiger partial charge in [-0.1, -0.05) is 26.0 Å². The highest BCUT2D eigenvalue weighted by Gasteiger charge is 2.21. The molecule has 0 heterocycles. The number of hydrogen-bond acceptors (Lipinski definition) is 2. The van der Waals surface area contributed by atoms with Gasteiger partial charge in [-0.15, -0.1) is 0 Å². The standard InChI is InChI=1S/C13H18BrNO2/c1-9-7-10(5-6-11(9)17-4)13(2,3)8-15-12(14)16/h5-7H,8H2,1-4H3,(H,15,16). The van der Waals surface area contributed by atoms with Crippen molar-refractivity contribution in [3.8, 4) is 5.75 Å². The van der Waals surface area contributed by atoms with Crippen LogP contribution in [0.3, 0.4) is 0 Å². The highest BCUT2D eigenvalue weighted by molar-refractivity contribution is 9.18. The maximum atomic E-state index is 10.9. The van der Waals surface area contributed by atoms with Crippen LogP contribution in [0, 0.1) is 6.92 Å². The van der Waals surface area contributed by atoms with E-state index in [1.165, 1.54) is 5.56 Å². The molecule has 0 atom stereocenters. The molecule has 4 heteroatoms. The number of rotatable bonds is 4. The van der Waals surface area contributed by atoms with E-state index in [1.807, 2.05) is 19.1 Å². The van der Waals surface area contributed by atoms with E-state index in [-0.39, 0.29) is 10.2 Å². The lowest BCUT2D eigenvalue weighted by molar-refractivity contribution is 0.259. The summed E-state index contributed by atoms with van der Waals surface area (Å²) in [5.74, 6) is 0.883. The van der Waals surface area contributed by atoms with Crippen LogP contribution in [-0.4, -0.2) is 18.5 Å². The molecular formula is C13H18BrNO2. The molecule has 0 bridgehead atoms. The smallest absolute Gasteiger partial charge is 0.287 e. The van der Waals surface area contributed by atoms with Crippen LogP contribution in [0.15, 0.2) is 18.2 Å². The zero-order chi connectivity index (χ0) is 13.1. The zero-order valence-corrected chi connectivity index (χ0v) is 12.2. The first kappa shape index (κ1) is 14.0. The lowest BCUT2D eigenvalue weighted by atomic mass is 9.84. The van der Waals surface area contributed by atoms with Crippen molar-refractivity contribution in [2.24, 2.45) is 0 Å². The molecule has 0 radical (unpaired) electrons. The van der Waals surface area contributed by atoms with E-state index in [4.69, 9.17) is 4.74 Å². The van der Waals surface area contributed by atoms with E-state index < -0.39 is 0 Å². The Morgan fingerprint density at radius 2 is 2.12 bits per heavy atom. The van der Waals surface area contributed by atoms with Crippen LogP contribution in [-0.2, 0) is 5.41 Å². The summed E-state index contributed by atoms with van der Waals surface area (Å²) in [6, 6.07) is 6.09. The molecule has 1 N–H and O–H groups in total. The van der Waals surface area contributed by atoms with E-state index in [2.05, 4.69) is 41.2 Å². The number of methoxy groups -OCH3 is 1. The zero-order valence-electron chi connectivity index (χ0n) is 10.6. The van der Waals surface area contributed by atoms with Crippen LogP contribution < -0.4 is 10.1 Å². The van der Waals surface area contributed by atoms with E-state index in [9.17, 15) is 4.79 Å². The SMILES string of the molecule is COc1ccc(C(C)(C)CNC(=O)Br)cc1C. The fourth-order valence-electron chi connectivity index (χ4n) is 1.69. The van der Waals surface area contributed by atoms with E-state index in [1.54, 1.807) is 7.11 Å². The second-order valence-corrected chi connectivity index (χ2v) is 5.42. The van der Waals surface area contributed by atoms with Crippen molar-refractivity contribution in [2.75, 3.05) is 13.7 Å². The number of carbonyl (C=O) groups excluding carboxylic acids is 1. The molecule has 0 fully saturated rings. The summed E-state index contributed by atoms with van der Waals surface area (Å²) in [4.78, 5) is 10.7. The lowest BCUT2D eigenvalue weighted by Gasteiger charge is -2.26. The Balaban J connectivity index is 2.90. The largest absolute Gasteiger partial charge is 0.496 e. The molecule has 0 saturated carbocycles. The quantitative estimate of drug-likeness (QED) is 0.684. The van der Waals surface area contributed by atoms with Gasteiger partial charge in [0, 0.05) is 27.9 Å². The molecule has 94 valence electrons. The minimum atomic E-state index is -0.184. The average Bonchev–Trinajstić information content (AvgIpc) is 2.26. The summed E-state index contributed by atoms with van der Waals surface area (Å²) in [6.07, 6.45) is 0. The Bertz CT molecular complexity index is 416. The van der Waals surface area contributed by atoms with E-state index in [0.717, 1.165) is 11.3 Å². The number of aryl methyl sites for hydroxylation is 1. The van der Waals surface area contributed by atoms with Crippen LogP contribution in [0.4, 0.5) is 4.79 Å². The number of hydrogen-bond donors (Lipinski definition) is 1. The maximum Gasteiger partial charge on any atom is 0.287 e. The molecule has 1 aromatic carbocycles. The first-order valence-corrected chi connectivity index (χ1v) is 6.24. The van der Waals surface area contributed by atoms with Gasteiger partial charge in [0.2, 0.25) is 0 Å². The van der Waals surface area contributed by atoms with Crippen molar-refractivity contribution in [3.63, 3.8) is 0 Å². The fraction of sp³-hybridized carbons (Fsp3) is 0.462. The van der Waals surface area contributed by atoms with Crippen molar-refractivity contribution < 1.29 is 9.53 Å². The van der Waals surface area contributed by atoms with Gasteiger partial charge in [-0.2, -0.15) is 0 Å². The van der Waals surface area contributed by atoms with E-state index >= 15 is 0 Å². The van der Waals surface area contributed by atoms with Gasteiger partial charge in [0.1, 0.15) is 5.75 Å². The summed E-state index contributed by atoms with van der Waals surface area (Å²) in [5.41, 5.74) is 2.17. The molecule has 0 spiro atoms. The third-order valence-corrected chi connectivity index (χ3v) is 3.13. The normalized spacial score (nSPS) is 11.1. The number of halogens is 1. The molecule has 0 aliphatic heterocycles. The Morgan fingerprint density at radius 3 is 2.59 bits per heavy atom. The summed E-state index contributed by atoms with van der Waals surface area (Å²) in [5, 5.41) is 2.78. The van der Waals surface area contributed by atoms with Crippen LogP contribution in [0.1, 0.15) is 25.0 Å². The van der Waals surface area contributed by atoms with Gasteiger partial charge in [-0.05, 0) is 24.1 Å². The van der Waals surface area contributed by atoms with Gasteiger partial charge >= 0.3 is 0 Å². The topological polar surface area (TPSA) is 38.3 Å². The predicted octanol–water partition coefficient (Wildman–Crippen LogP) is 3.39. The number of ether oxygens (including phenoxy) is 1. The summed E-state index contributed by atoms with van der Waals surface area (Å²) in [7, 11) is 1.66. The monoisotopic (exact) mass is 299 g/mol. The molecular weight excluding hydrogens is 282 g/mol. The second-order valence-electron chi connectivity index (χ2n) is 4.70. The molecule has 0 unspecified atom stereocenters. The van der Waals surface area contributed by atoms with E-state index in [0.29, 0.717) is 6.54 Å². The van der Waals surface area contributed by atoms with Gasteiger partial charge in [0.05, 0.1) is 7.11 Å². The van der Waals surface area contributed by atoms with Crippen LogP contribution >= 0.6 is 15.9 Å². The minimum Gasteiger partial charge on any atom is -0.496 e. The Labute approximate surface area is 111 Å². The predicted molar refractivity (Wildman–Crippen MR) is 73.1 cm³/mol. The van der Waals surface area contributed by atoms with Crippen molar-refractivity contribution >= 4 is 20.7 Å². The highest BCUT2D eigenvalue weighted by Crippen LogP contribution is 2.27. The Hall–Kier alpha value is -1.03. The molecule has 0 saturated heterocycles. The van der Waals surface area contributed by atoms with Crippen molar-refractivity contribution in [2.45, 2.75) is 26.2 Å². The molecule has 1 aromatic rings. The van der Waals surface area contributed by atoms with Crippen LogP contribution in [0.2, 0.25) is 0 Å². The average molecular weight is 300 g/mol. The highest BCUT2D eigenvalue weighted by atomic mass is 79.9. The first-order valence-electron chi connectivity index (χ1n) is 5.45. The number of carbonyl (C=O) groups is 1. The van der Waals surface area contributed by atoms with Crippen LogP contribution in [0.25, 0.3) is 0 Å². The summed E-state index contributed by atoms with van der Waals surface area (Å²) < 4.78 is 5.23. The molecule has 3 nitrogen and oxygen atoms in total. The molecule has 0 aromatic heterocycles. The third kappa shape index (κ3) is 3.73. The Morgan fingerprint density at radius 1 is 1.47 bits per heavy atom. The van der Waals surface area contributed by atoms with Crippen LogP contribution in [0.5, 0.6) is 5.75 Å². The third-order valence-electron chi connectivity index (χ3n) is 2.85. The number of nitrogens with one attached hydrogen (secondary N) is 1. The Kier molecular flexibility index (Phi) is 4.57. The van der Waals surface area contributed by atoms with Gasteiger partial charge in [0.15, 0.2) is 0 Å². The molecule has 0 aliphatic carbocycles. The van der Waals surface area contributed by atoms with Crippen molar-refractivity contribution in [3.05, 3.63) is 29.3 Å². The first-order chi connectivity index (χ1) is 7.86. The van der Waals surface area contributed by atoms with Gasteiger partial charge in [0.25, 0.3) is 4.82 Å². The van der Waals surface area contributed by atoms with Gasteiger partial charge < -0.3 is 10.1 Å². The minimum absolute atomic E-state index is 0.111. The molecule has 0 aliphatic rings. The maximum absolute atomic E-state index is 10.9. The van der Waals surface area contributed by atoms with Crippen molar-refractivity contribution in [1.29, 1.82) is 0 Å². The van der Waals surface area contributed by atoms with Gasteiger partial charge in [-0.25, -0.2) is 0 Å². The summed E-state index contributed by atoms with van der Waals surface area (Å²) in [6.45, 7) is 6.79. The number of amides is 1. The lowest BCUT2D eigenvalue weighted by Crippen LogP contribution is -2.34. The summed E-state index contributed by atoms with van der Waals surface area (Å²) >= 11 is 2.87.